The normalized spacial score (nSPS) is 11.4. The van der Waals surface area contributed by atoms with Gasteiger partial charge in [-0.05, 0) is 42.6 Å². The highest BCUT2D eigenvalue weighted by Crippen LogP contribution is 2.18. The number of nitrogens with zero attached hydrogens (tertiary/aromatic N) is 4. The molecule has 0 saturated heterocycles. The largest absolute Gasteiger partial charge is 0.496 e. The van der Waals surface area contributed by atoms with Gasteiger partial charge in [-0.2, -0.15) is 14.9 Å². The number of hydrogen-bond donors (Lipinski definition) is 1. The summed E-state index contributed by atoms with van der Waals surface area (Å²) in [4.78, 5) is 4.26. The van der Waals surface area contributed by atoms with Crippen molar-refractivity contribution in [2.75, 3.05) is 7.11 Å². The van der Waals surface area contributed by atoms with Crippen molar-refractivity contribution in [1.29, 1.82) is 0 Å². The molecule has 2 heterocycles. The van der Waals surface area contributed by atoms with E-state index in [1.165, 1.54) is 4.68 Å². The van der Waals surface area contributed by atoms with Gasteiger partial charge in [-0.1, -0.05) is 24.3 Å². The summed E-state index contributed by atoms with van der Waals surface area (Å²) >= 11 is 5.21. The fourth-order valence-corrected chi connectivity index (χ4v) is 2.29. The molecule has 0 atom stereocenters. The zero-order chi connectivity index (χ0) is 16.8. The van der Waals surface area contributed by atoms with Crippen LogP contribution in [0.1, 0.15) is 5.56 Å². The molecule has 0 saturated carbocycles. The van der Waals surface area contributed by atoms with Gasteiger partial charge in [-0.25, -0.2) is 5.10 Å². The number of benzene rings is 1. The predicted molar refractivity (Wildman–Crippen MR) is 96.6 cm³/mol. The van der Waals surface area contributed by atoms with Gasteiger partial charge in [0.05, 0.1) is 7.11 Å². The van der Waals surface area contributed by atoms with Crippen LogP contribution in [-0.4, -0.2) is 33.2 Å². The Labute approximate surface area is 144 Å². The Bertz CT molecular complexity index is 927. The molecule has 0 aliphatic rings. The molecule has 3 rings (SSSR count). The number of pyridine rings is 1. The Morgan fingerprint density at radius 3 is 2.83 bits per heavy atom. The third kappa shape index (κ3) is 3.47. The topological polar surface area (TPSA) is 68.1 Å². The Morgan fingerprint density at radius 2 is 2.04 bits per heavy atom. The lowest BCUT2D eigenvalue weighted by Crippen LogP contribution is -1.95. The molecule has 0 spiro atoms. The number of rotatable bonds is 5. The molecule has 1 aromatic carbocycles. The van der Waals surface area contributed by atoms with E-state index in [0.29, 0.717) is 16.3 Å². The average Bonchev–Trinajstić information content (AvgIpc) is 3.00. The Balaban J connectivity index is 1.84. The number of aromatic amines is 1. The van der Waals surface area contributed by atoms with Gasteiger partial charge in [0.25, 0.3) is 0 Å². The summed E-state index contributed by atoms with van der Waals surface area (Å²) in [7, 11) is 1.64. The van der Waals surface area contributed by atoms with Crippen molar-refractivity contribution in [3.8, 4) is 17.3 Å². The predicted octanol–water partition coefficient (Wildman–Crippen LogP) is 3.56. The fraction of sp³-hybridized carbons (Fsp3) is 0.0588. The number of hydrogen-bond acceptors (Lipinski definition) is 5. The molecule has 0 fully saturated rings. The van der Waals surface area contributed by atoms with Crippen LogP contribution in [0.2, 0.25) is 0 Å². The number of para-hydroxylation sites is 1. The number of allylic oxidation sites excluding steroid dienone is 1. The van der Waals surface area contributed by atoms with E-state index in [1.807, 2.05) is 54.6 Å². The van der Waals surface area contributed by atoms with Crippen LogP contribution >= 0.6 is 12.2 Å². The molecule has 0 aliphatic carbocycles. The van der Waals surface area contributed by atoms with Crippen LogP contribution in [0.4, 0.5) is 0 Å². The zero-order valence-corrected chi connectivity index (χ0v) is 13.8. The number of H-pyrrole nitrogens is 1. The molecule has 6 nitrogen and oxygen atoms in total. The molecule has 3 aromatic rings. The van der Waals surface area contributed by atoms with Gasteiger partial charge in [0, 0.05) is 18.0 Å². The third-order valence-corrected chi connectivity index (χ3v) is 3.49. The molecule has 0 amide bonds. The van der Waals surface area contributed by atoms with Crippen molar-refractivity contribution in [2.24, 2.45) is 5.10 Å². The zero-order valence-electron chi connectivity index (χ0n) is 13.0. The molecule has 0 aliphatic heterocycles. The van der Waals surface area contributed by atoms with E-state index in [1.54, 1.807) is 19.5 Å². The lowest BCUT2D eigenvalue weighted by atomic mass is 10.2. The number of aromatic nitrogens is 4. The van der Waals surface area contributed by atoms with Crippen molar-refractivity contribution in [1.82, 2.24) is 19.9 Å². The number of nitrogens with one attached hydrogen (secondary N) is 1. The van der Waals surface area contributed by atoms with Gasteiger partial charge in [-0.3, -0.25) is 4.98 Å². The minimum atomic E-state index is 0.401. The Hall–Kier alpha value is -3.06. The maximum atomic E-state index is 5.30. The van der Waals surface area contributed by atoms with Crippen molar-refractivity contribution in [3.63, 3.8) is 0 Å². The molecule has 2 aromatic heterocycles. The second-order valence-electron chi connectivity index (χ2n) is 4.74. The van der Waals surface area contributed by atoms with Gasteiger partial charge < -0.3 is 4.74 Å². The summed E-state index contributed by atoms with van der Waals surface area (Å²) in [6.07, 6.45) is 7.06. The second-order valence-corrected chi connectivity index (χ2v) is 5.13. The number of methoxy groups -OCH3 is 1. The van der Waals surface area contributed by atoms with Gasteiger partial charge in [0.15, 0.2) is 0 Å². The van der Waals surface area contributed by atoms with Crippen molar-refractivity contribution in [2.45, 2.75) is 0 Å². The average molecular weight is 337 g/mol. The van der Waals surface area contributed by atoms with E-state index >= 15 is 0 Å². The highest BCUT2D eigenvalue weighted by atomic mass is 32.1. The number of ether oxygens (including phenoxy) is 1. The summed E-state index contributed by atoms with van der Waals surface area (Å²) < 4.78 is 7.24. The van der Waals surface area contributed by atoms with Crippen LogP contribution in [0.25, 0.3) is 17.6 Å². The van der Waals surface area contributed by atoms with E-state index in [0.717, 1.165) is 11.3 Å². The minimum absolute atomic E-state index is 0.401. The van der Waals surface area contributed by atoms with Gasteiger partial charge >= 0.3 is 0 Å². The Kier molecular flexibility index (Phi) is 4.93. The lowest BCUT2D eigenvalue weighted by molar-refractivity contribution is 0.414. The summed E-state index contributed by atoms with van der Waals surface area (Å²) in [6, 6.07) is 13.3. The van der Waals surface area contributed by atoms with Crippen LogP contribution in [0.5, 0.6) is 5.75 Å². The van der Waals surface area contributed by atoms with E-state index in [9.17, 15) is 0 Å². The highest BCUT2D eigenvalue weighted by molar-refractivity contribution is 7.71. The van der Waals surface area contributed by atoms with Gasteiger partial charge in [-0.15, -0.1) is 0 Å². The van der Waals surface area contributed by atoms with E-state index in [2.05, 4.69) is 20.3 Å². The van der Waals surface area contributed by atoms with Crippen LogP contribution < -0.4 is 4.74 Å². The van der Waals surface area contributed by atoms with Crippen LogP contribution in [0.3, 0.4) is 0 Å². The van der Waals surface area contributed by atoms with E-state index in [-0.39, 0.29) is 0 Å². The summed E-state index contributed by atoms with van der Waals surface area (Å²) in [5.74, 6) is 1.36. The summed E-state index contributed by atoms with van der Waals surface area (Å²) in [6.45, 7) is 0. The highest BCUT2D eigenvalue weighted by Gasteiger charge is 2.08. The molecule has 0 radical (unpaired) electrons. The van der Waals surface area contributed by atoms with Crippen molar-refractivity contribution >= 4 is 24.5 Å². The molecule has 120 valence electrons. The fourth-order valence-electron chi connectivity index (χ4n) is 2.12. The third-order valence-electron chi connectivity index (χ3n) is 3.23. The first-order chi connectivity index (χ1) is 11.8. The molecule has 0 bridgehead atoms. The lowest BCUT2D eigenvalue weighted by Gasteiger charge is -2.02. The Morgan fingerprint density at radius 1 is 1.21 bits per heavy atom. The maximum Gasteiger partial charge on any atom is 0.216 e. The van der Waals surface area contributed by atoms with Crippen LogP contribution in [0, 0.1) is 4.77 Å². The van der Waals surface area contributed by atoms with Crippen LogP contribution in [0.15, 0.2) is 59.8 Å². The van der Waals surface area contributed by atoms with E-state index < -0.39 is 0 Å². The van der Waals surface area contributed by atoms with Gasteiger partial charge in [0.2, 0.25) is 10.6 Å². The summed E-state index contributed by atoms with van der Waals surface area (Å²) in [5, 5.41) is 11.2. The van der Waals surface area contributed by atoms with Crippen molar-refractivity contribution in [3.05, 3.63) is 65.1 Å². The quantitative estimate of drug-likeness (QED) is 0.571. The maximum absolute atomic E-state index is 5.30. The van der Waals surface area contributed by atoms with Gasteiger partial charge in [0.1, 0.15) is 11.4 Å². The molecular formula is C17H15N5OS. The first kappa shape index (κ1) is 15.8. The SMILES string of the molecule is COc1ccccc1/C=C/C=Nn1c(-c2ccccn2)n[nH]c1=S. The van der Waals surface area contributed by atoms with Crippen LogP contribution in [-0.2, 0) is 0 Å². The first-order valence-corrected chi connectivity index (χ1v) is 7.63. The second kappa shape index (κ2) is 7.47. The first-order valence-electron chi connectivity index (χ1n) is 7.22. The van der Waals surface area contributed by atoms with E-state index in [4.69, 9.17) is 17.0 Å². The molecule has 1 N–H and O–H groups in total. The summed E-state index contributed by atoms with van der Waals surface area (Å²) in [5.41, 5.74) is 1.66. The molecule has 7 heteroatoms. The van der Waals surface area contributed by atoms with Crippen molar-refractivity contribution < 1.29 is 4.74 Å². The molecular weight excluding hydrogens is 322 g/mol. The smallest absolute Gasteiger partial charge is 0.216 e. The monoisotopic (exact) mass is 337 g/mol. The molecule has 0 unspecified atom stereocenters. The standard InChI is InChI=1S/C17H15N5OS/c1-23-15-10-3-2-7-13(15)8-6-12-19-22-16(20-21-17(22)24)14-9-4-5-11-18-14/h2-12H,1H3,(H,21,24)/b8-6+,19-12?. The minimum Gasteiger partial charge on any atom is -0.496 e. The molecule has 24 heavy (non-hydrogen) atoms.